The quantitative estimate of drug-likeness (QED) is 0.525. The van der Waals surface area contributed by atoms with Crippen LogP contribution in [-0.4, -0.2) is 41.8 Å². The zero-order valence-electron chi connectivity index (χ0n) is 19.5. The summed E-state index contributed by atoms with van der Waals surface area (Å²) in [5, 5.41) is 15.1. The maximum absolute atomic E-state index is 12.5. The third kappa shape index (κ3) is 5.41. The fraction of sp³-hybridized carbons (Fsp3) is 0.444. The predicted octanol–water partition coefficient (Wildman–Crippen LogP) is 4.45. The van der Waals surface area contributed by atoms with Crippen molar-refractivity contribution in [3.63, 3.8) is 0 Å². The van der Waals surface area contributed by atoms with Crippen LogP contribution < -0.4 is 10.6 Å². The first-order valence-electron chi connectivity index (χ1n) is 12.1. The summed E-state index contributed by atoms with van der Waals surface area (Å²) in [5.41, 5.74) is 4.60. The molecular formula is C27H32N2O5. The number of alkyl carbamates (subject to hydrolysis) is 1. The molecule has 1 unspecified atom stereocenters. The topological polar surface area (TPSA) is 105 Å². The lowest BCUT2D eigenvalue weighted by Gasteiger charge is -2.24. The van der Waals surface area contributed by atoms with Gasteiger partial charge in [0.05, 0.1) is 5.92 Å². The first-order chi connectivity index (χ1) is 16.4. The Kier molecular flexibility index (Phi) is 7.50. The van der Waals surface area contributed by atoms with E-state index in [4.69, 9.17) is 4.74 Å². The van der Waals surface area contributed by atoms with E-state index < -0.39 is 24.0 Å². The number of amides is 2. The summed E-state index contributed by atoms with van der Waals surface area (Å²) in [4.78, 5) is 36.6. The molecule has 0 heterocycles. The van der Waals surface area contributed by atoms with Crippen LogP contribution in [0.3, 0.4) is 0 Å². The molecule has 0 aromatic heterocycles. The lowest BCUT2D eigenvalue weighted by molar-refractivity contribution is -0.143. The highest BCUT2D eigenvalue weighted by Gasteiger charge is 2.31. The minimum absolute atomic E-state index is 0.0278. The van der Waals surface area contributed by atoms with E-state index in [1.807, 2.05) is 24.3 Å². The average Bonchev–Trinajstić information content (AvgIpc) is 2.94. The second kappa shape index (κ2) is 10.7. The van der Waals surface area contributed by atoms with Crippen LogP contribution in [0.1, 0.15) is 62.5 Å². The minimum Gasteiger partial charge on any atom is -0.481 e. The average molecular weight is 465 g/mol. The second-order valence-electron chi connectivity index (χ2n) is 9.33. The maximum Gasteiger partial charge on any atom is 0.407 e. The molecule has 2 amide bonds. The number of rotatable bonds is 7. The van der Waals surface area contributed by atoms with Crippen LogP contribution in [0.5, 0.6) is 0 Å². The standard InChI is InChI=1S/C27H32N2O5/c1-17(15-25(30)29-24-14-4-2-3-13-22(24)26(31)32)28-27(33)34-16-23-20-11-7-5-9-18(20)19-10-6-8-12-21(19)23/h5-12,17,22-24H,2-4,13-16H2,1H3,(H,28,33)(H,29,30)(H,31,32)/t17?,22-,24+/m0/s1. The van der Waals surface area contributed by atoms with E-state index >= 15 is 0 Å². The van der Waals surface area contributed by atoms with Crippen LogP contribution in [0, 0.1) is 5.92 Å². The van der Waals surface area contributed by atoms with E-state index in [1.54, 1.807) is 6.92 Å². The van der Waals surface area contributed by atoms with Gasteiger partial charge in [-0.3, -0.25) is 9.59 Å². The number of hydrogen-bond donors (Lipinski definition) is 3. The summed E-state index contributed by atoms with van der Waals surface area (Å²) < 4.78 is 5.55. The van der Waals surface area contributed by atoms with E-state index in [-0.39, 0.29) is 30.9 Å². The van der Waals surface area contributed by atoms with Crippen molar-refractivity contribution in [1.82, 2.24) is 10.6 Å². The van der Waals surface area contributed by atoms with Gasteiger partial charge in [0.15, 0.2) is 0 Å². The van der Waals surface area contributed by atoms with Crippen LogP contribution in [0.2, 0.25) is 0 Å². The summed E-state index contributed by atoms with van der Waals surface area (Å²) in [6.45, 7) is 1.95. The van der Waals surface area contributed by atoms with Crippen molar-refractivity contribution >= 4 is 18.0 Å². The first kappa shape index (κ1) is 23.8. The third-order valence-electron chi connectivity index (χ3n) is 6.88. The minimum atomic E-state index is -0.864. The van der Waals surface area contributed by atoms with Gasteiger partial charge in [-0.25, -0.2) is 4.79 Å². The lowest BCUT2D eigenvalue weighted by Crippen LogP contribution is -2.45. The van der Waals surface area contributed by atoms with Crippen molar-refractivity contribution in [3.05, 3.63) is 59.7 Å². The van der Waals surface area contributed by atoms with E-state index in [9.17, 15) is 19.5 Å². The molecule has 3 N–H and O–H groups in total. The molecule has 1 saturated carbocycles. The molecular weight excluding hydrogens is 432 g/mol. The van der Waals surface area contributed by atoms with Gasteiger partial charge in [0.1, 0.15) is 6.61 Å². The van der Waals surface area contributed by atoms with E-state index in [0.29, 0.717) is 12.8 Å². The highest BCUT2D eigenvalue weighted by Crippen LogP contribution is 2.44. The second-order valence-corrected chi connectivity index (χ2v) is 9.33. The zero-order valence-corrected chi connectivity index (χ0v) is 19.5. The van der Waals surface area contributed by atoms with Crippen molar-refractivity contribution < 1.29 is 24.2 Å². The van der Waals surface area contributed by atoms with Gasteiger partial charge >= 0.3 is 12.1 Å². The fourth-order valence-electron chi connectivity index (χ4n) is 5.21. The normalized spacial score (nSPS) is 20.4. The van der Waals surface area contributed by atoms with Crippen LogP contribution in [0.4, 0.5) is 4.79 Å². The molecule has 1 fully saturated rings. The highest BCUT2D eigenvalue weighted by molar-refractivity contribution is 5.80. The Hall–Kier alpha value is -3.35. The molecule has 0 bridgehead atoms. The van der Waals surface area contributed by atoms with Crippen molar-refractivity contribution in [2.24, 2.45) is 5.92 Å². The van der Waals surface area contributed by atoms with Crippen LogP contribution in [0.25, 0.3) is 11.1 Å². The van der Waals surface area contributed by atoms with Gasteiger partial charge in [0, 0.05) is 24.4 Å². The Morgan fingerprint density at radius 3 is 2.24 bits per heavy atom. The lowest BCUT2D eigenvalue weighted by atomic mass is 9.94. The SMILES string of the molecule is CC(CC(=O)N[C@@H]1CCCCC[C@@H]1C(=O)O)NC(=O)OCC1c2ccccc2-c2ccccc21. The number of carbonyl (C=O) groups excluding carboxylic acids is 2. The number of fused-ring (bicyclic) bond motifs is 3. The summed E-state index contributed by atoms with van der Waals surface area (Å²) in [6.07, 6.45) is 3.49. The van der Waals surface area contributed by atoms with Crippen molar-refractivity contribution in [1.29, 1.82) is 0 Å². The van der Waals surface area contributed by atoms with Gasteiger partial charge in [-0.1, -0.05) is 67.8 Å². The number of hydrogen-bond acceptors (Lipinski definition) is 4. The van der Waals surface area contributed by atoms with E-state index in [0.717, 1.165) is 41.5 Å². The molecule has 3 atom stereocenters. The molecule has 0 saturated heterocycles. The summed E-state index contributed by atoms with van der Waals surface area (Å²) in [5.74, 6) is -1.71. The van der Waals surface area contributed by atoms with Gasteiger partial charge in [-0.05, 0) is 42.0 Å². The zero-order chi connectivity index (χ0) is 24.1. The molecule has 2 aromatic carbocycles. The monoisotopic (exact) mass is 464 g/mol. The molecule has 34 heavy (non-hydrogen) atoms. The number of carboxylic acid groups (broad SMARTS) is 1. The molecule has 0 radical (unpaired) electrons. The van der Waals surface area contributed by atoms with Crippen LogP contribution in [-0.2, 0) is 14.3 Å². The number of carbonyl (C=O) groups is 3. The Morgan fingerprint density at radius 2 is 1.59 bits per heavy atom. The predicted molar refractivity (Wildman–Crippen MR) is 128 cm³/mol. The van der Waals surface area contributed by atoms with E-state index in [1.165, 1.54) is 0 Å². The summed E-state index contributed by atoms with van der Waals surface area (Å²) >= 11 is 0. The molecule has 0 spiro atoms. The summed E-state index contributed by atoms with van der Waals surface area (Å²) in [6, 6.07) is 15.5. The van der Waals surface area contributed by atoms with Crippen molar-refractivity contribution in [2.75, 3.05) is 6.61 Å². The smallest absolute Gasteiger partial charge is 0.407 e. The largest absolute Gasteiger partial charge is 0.481 e. The molecule has 2 aliphatic carbocycles. The summed E-state index contributed by atoms with van der Waals surface area (Å²) in [7, 11) is 0. The Morgan fingerprint density at radius 1 is 0.971 bits per heavy atom. The Labute approximate surface area is 199 Å². The molecule has 2 aromatic rings. The number of aliphatic carboxylic acids is 1. The maximum atomic E-state index is 12.5. The van der Waals surface area contributed by atoms with Crippen molar-refractivity contribution in [3.8, 4) is 11.1 Å². The van der Waals surface area contributed by atoms with Crippen LogP contribution >= 0.6 is 0 Å². The molecule has 4 rings (SSSR count). The number of ether oxygens (including phenoxy) is 1. The van der Waals surface area contributed by atoms with Crippen LogP contribution in [0.15, 0.2) is 48.5 Å². The molecule has 0 aliphatic heterocycles. The fourth-order valence-corrected chi connectivity index (χ4v) is 5.21. The van der Waals surface area contributed by atoms with Gasteiger partial charge < -0.3 is 20.5 Å². The van der Waals surface area contributed by atoms with Gasteiger partial charge in [0.25, 0.3) is 0 Å². The molecule has 180 valence electrons. The van der Waals surface area contributed by atoms with Gasteiger partial charge in [-0.15, -0.1) is 0 Å². The molecule has 2 aliphatic rings. The van der Waals surface area contributed by atoms with Gasteiger partial charge in [-0.2, -0.15) is 0 Å². The molecule has 7 heteroatoms. The molecule has 7 nitrogen and oxygen atoms in total. The first-order valence-corrected chi connectivity index (χ1v) is 12.1. The highest BCUT2D eigenvalue weighted by atomic mass is 16.5. The van der Waals surface area contributed by atoms with E-state index in [2.05, 4.69) is 34.9 Å². The number of carboxylic acids is 1. The van der Waals surface area contributed by atoms with Crippen molar-refractivity contribution in [2.45, 2.75) is 63.5 Å². The number of nitrogens with one attached hydrogen (secondary N) is 2. The Bertz CT molecular complexity index is 1010. The van der Waals surface area contributed by atoms with Gasteiger partial charge in [0.2, 0.25) is 5.91 Å². The number of benzene rings is 2. The Balaban J connectivity index is 1.28. The third-order valence-corrected chi connectivity index (χ3v) is 6.88.